The van der Waals surface area contributed by atoms with Crippen molar-refractivity contribution in [3.8, 4) is 5.75 Å². The van der Waals surface area contributed by atoms with Crippen molar-refractivity contribution < 1.29 is 28.6 Å². The van der Waals surface area contributed by atoms with Gasteiger partial charge in [0.2, 0.25) is 0 Å². The molecule has 1 unspecified atom stereocenters. The van der Waals surface area contributed by atoms with Crippen molar-refractivity contribution in [2.24, 2.45) is 0 Å². The van der Waals surface area contributed by atoms with Gasteiger partial charge < -0.3 is 19.5 Å². The van der Waals surface area contributed by atoms with Crippen LogP contribution in [-0.4, -0.2) is 48.6 Å². The average Bonchev–Trinajstić information content (AvgIpc) is 3.00. The minimum Gasteiger partial charge on any atom is -0.507 e. The van der Waals surface area contributed by atoms with Gasteiger partial charge in [-0.25, -0.2) is 4.39 Å². The summed E-state index contributed by atoms with van der Waals surface area (Å²) in [6, 6.07) is 9.25. The lowest BCUT2D eigenvalue weighted by Crippen LogP contribution is -2.31. The Bertz CT molecular complexity index is 1010. The normalized spacial score (nSPS) is 17.9. The number of Topliss-reactive ketones (excluding diaryl/α,β-unsaturated/α-hetero) is 1. The van der Waals surface area contributed by atoms with Gasteiger partial charge in [0.1, 0.15) is 17.3 Å². The Kier molecular flexibility index (Phi) is 7.30. The van der Waals surface area contributed by atoms with Gasteiger partial charge in [0, 0.05) is 25.8 Å². The molecule has 1 amide bonds. The van der Waals surface area contributed by atoms with Crippen LogP contribution >= 0.6 is 11.6 Å². The third-order valence-corrected chi connectivity index (χ3v) is 5.27. The molecule has 0 spiro atoms. The number of ketones is 1. The lowest BCUT2D eigenvalue weighted by atomic mass is 9.95. The van der Waals surface area contributed by atoms with E-state index in [4.69, 9.17) is 21.1 Å². The number of likely N-dealkylation sites (tertiary alicyclic amines) is 1. The maximum Gasteiger partial charge on any atom is 0.295 e. The topological polar surface area (TPSA) is 76.1 Å². The van der Waals surface area contributed by atoms with Gasteiger partial charge in [-0.2, -0.15) is 0 Å². The van der Waals surface area contributed by atoms with E-state index in [1.165, 1.54) is 35.2 Å². The molecule has 0 saturated carbocycles. The lowest BCUT2D eigenvalue weighted by Gasteiger charge is -2.25. The highest BCUT2D eigenvalue weighted by Crippen LogP contribution is 2.40. The molecule has 1 saturated heterocycles. The number of aliphatic hydroxyl groups is 1. The molecular weight excluding hydrogens is 425 g/mol. The fraction of sp³-hybridized carbons (Fsp3) is 0.304. The van der Waals surface area contributed by atoms with E-state index in [2.05, 4.69) is 0 Å². The van der Waals surface area contributed by atoms with Gasteiger partial charge in [-0.05, 0) is 49.2 Å². The van der Waals surface area contributed by atoms with Crippen LogP contribution in [-0.2, 0) is 14.3 Å². The van der Waals surface area contributed by atoms with E-state index in [0.29, 0.717) is 30.9 Å². The number of ether oxygens (including phenoxy) is 2. The van der Waals surface area contributed by atoms with Crippen molar-refractivity contribution in [1.29, 1.82) is 0 Å². The first kappa shape index (κ1) is 22.8. The SMILES string of the molecule is CCOc1ccc(/C(O)=C2/C(=O)C(=O)N(CCCOC)C2c2ccc(F)cc2)cc1Cl. The minimum atomic E-state index is -0.859. The number of methoxy groups -OCH3 is 1. The van der Waals surface area contributed by atoms with E-state index in [9.17, 15) is 19.1 Å². The molecule has 1 fully saturated rings. The van der Waals surface area contributed by atoms with E-state index >= 15 is 0 Å². The minimum absolute atomic E-state index is 0.0748. The van der Waals surface area contributed by atoms with Gasteiger partial charge in [-0.1, -0.05) is 23.7 Å². The molecule has 1 N–H and O–H groups in total. The molecule has 1 aliphatic heterocycles. The highest BCUT2D eigenvalue weighted by atomic mass is 35.5. The Hall–Kier alpha value is -2.90. The van der Waals surface area contributed by atoms with Gasteiger partial charge in [0.15, 0.2) is 0 Å². The largest absolute Gasteiger partial charge is 0.507 e. The summed E-state index contributed by atoms with van der Waals surface area (Å²) in [6.45, 7) is 2.87. The van der Waals surface area contributed by atoms with Gasteiger partial charge in [0.25, 0.3) is 11.7 Å². The number of carbonyl (C=O) groups excluding carboxylic acids is 2. The molecule has 1 aliphatic rings. The molecule has 6 nitrogen and oxygen atoms in total. The number of benzene rings is 2. The van der Waals surface area contributed by atoms with Gasteiger partial charge in [0.05, 0.1) is 23.2 Å². The molecular formula is C23H23ClFNO5. The van der Waals surface area contributed by atoms with Crippen LogP contribution in [0, 0.1) is 5.82 Å². The highest BCUT2D eigenvalue weighted by Gasteiger charge is 2.45. The first-order valence-electron chi connectivity index (χ1n) is 9.84. The second kappa shape index (κ2) is 9.94. The van der Waals surface area contributed by atoms with Crippen LogP contribution in [0.3, 0.4) is 0 Å². The zero-order valence-electron chi connectivity index (χ0n) is 17.2. The summed E-state index contributed by atoms with van der Waals surface area (Å²) in [6.07, 6.45) is 0.496. The van der Waals surface area contributed by atoms with Crippen molar-refractivity contribution in [3.05, 3.63) is 70.0 Å². The third-order valence-electron chi connectivity index (χ3n) is 4.98. The van der Waals surface area contributed by atoms with Crippen LogP contribution < -0.4 is 4.74 Å². The smallest absolute Gasteiger partial charge is 0.295 e. The van der Waals surface area contributed by atoms with Crippen LogP contribution in [0.1, 0.15) is 30.5 Å². The summed E-state index contributed by atoms with van der Waals surface area (Å²) < 4.78 is 23.9. The second-order valence-electron chi connectivity index (χ2n) is 6.97. The molecule has 0 radical (unpaired) electrons. The second-order valence-corrected chi connectivity index (χ2v) is 7.38. The monoisotopic (exact) mass is 447 g/mol. The maximum atomic E-state index is 13.5. The fourth-order valence-electron chi connectivity index (χ4n) is 3.56. The van der Waals surface area contributed by atoms with E-state index in [1.807, 2.05) is 6.92 Å². The van der Waals surface area contributed by atoms with Crippen LogP contribution in [0.15, 0.2) is 48.0 Å². The predicted octanol–water partition coefficient (Wildman–Crippen LogP) is 4.34. The van der Waals surface area contributed by atoms with Crippen molar-refractivity contribution in [1.82, 2.24) is 4.90 Å². The van der Waals surface area contributed by atoms with Gasteiger partial charge in [-0.3, -0.25) is 9.59 Å². The van der Waals surface area contributed by atoms with E-state index < -0.39 is 23.5 Å². The third kappa shape index (κ3) is 4.73. The number of halogens is 2. The average molecular weight is 448 g/mol. The maximum absolute atomic E-state index is 13.5. The van der Waals surface area contributed by atoms with Crippen molar-refractivity contribution in [3.63, 3.8) is 0 Å². The Balaban J connectivity index is 2.10. The first-order chi connectivity index (χ1) is 14.9. The summed E-state index contributed by atoms with van der Waals surface area (Å²) in [7, 11) is 1.54. The van der Waals surface area contributed by atoms with E-state index in [1.54, 1.807) is 19.2 Å². The van der Waals surface area contributed by atoms with Crippen LogP contribution in [0.4, 0.5) is 4.39 Å². The Morgan fingerprint density at radius 3 is 2.52 bits per heavy atom. The number of carbonyl (C=O) groups is 2. The molecule has 1 heterocycles. The fourth-order valence-corrected chi connectivity index (χ4v) is 3.79. The lowest BCUT2D eigenvalue weighted by molar-refractivity contribution is -0.140. The van der Waals surface area contributed by atoms with E-state index in [0.717, 1.165) is 0 Å². The van der Waals surface area contributed by atoms with Gasteiger partial charge >= 0.3 is 0 Å². The van der Waals surface area contributed by atoms with Crippen LogP contribution in [0.25, 0.3) is 5.76 Å². The van der Waals surface area contributed by atoms with Crippen LogP contribution in [0.2, 0.25) is 5.02 Å². The van der Waals surface area contributed by atoms with E-state index in [-0.39, 0.29) is 28.5 Å². The zero-order chi connectivity index (χ0) is 22.5. The molecule has 2 aromatic rings. The predicted molar refractivity (Wildman–Crippen MR) is 115 cm³/mol. The molecule has 0 bridgehead atoms. The number of hydrogen-bond donors (Lipinski definition) is 1. The zero-order valence-corrected chi connectivity index (χ0v) is 18.0. The summed E-state index contributed by atoms with van der Waals surface area (Å²) >= 11 is 6.23. The van der Waals surface area contributed by atoms with Crippen molar-refractivity contribution in [2.45, 2.75) is 19.4 Å². The molecule has 3 rings (SSSR count). The van der Waals surface area contributed by atoms with Crippen LogP contribution in [0.5, 0.6) is 5.75 Å². The number of aliphatic hydroxyl groups excluding tert-OH is 1. The summed E-state index contributed by atoms with van der Waals surface area (Å²) in [5.41, 5.74) is 0.710. The molecule has 1 atom stereocenters. The number of rotatable bonds is 8. The molecule has 0 aliphatic carbocycles. The van der Waals surface area contributed by atoms with Crippen molar-refractivity contribution >= 4 is 29.1 Å². The molecule has 0 aromatic heterocycles. The Morgan fingerprint density at radius 1 is 1.19 bits per heavy atom. The van der Waals surface area contributed by atoms with Crippen molar-refractivity contribution in [2.75, 3.05) is 26.9 Å². The number of hydrogen-bond acceptors (Lipinski definition) is 5. The summed E-state index contributed by atoms with van der Waals surface area (Å²) in [5.74, 6) is -1.90. The molecule has 2 aromatic carbocycles. The first-order valence-corrected chi connectivity index (χ1v) is 10.2. The number of nitrogens with zero attached hydrogens (tertiary/aromatic N) is 1. The van der Waals surface area contributed by atoms with Gasteiger partial charge in [-0.15, -0.1) is 0 Å². The quantitative estimate of drug-likeness (QED) is 0.282. The Labute approximate surface area is 184 Å². The summed E-state index contributed by atoms with van der Waals surface area (Å²) in [5, 5.41) is 11.3. The molecule has 31 heavy (non-hydrogen) atoms. The highest BCUT2D eigenvalue weighted by molar-refractivity contribution is 6.46. The number of amides is 1. The standard InChI is InChI=1S/C23H23ClFNO5/c1-3-31-18-10-7-15(13-17(18)24)21(27)19-20(14-5-8-16(25)9-6-14)26(11-4-12-30-2)23(29)22(19)28/h5-10,13,20,27H,3-4,11-12H2,1-2H3/b21-19-. The molecule has 164 valence electrons. The summed E-state index contributed by atoms with van der Waals surface area (Å²) in [4.78, 5) is 27.0. The molecule has 8 heteroatoms. The Morgan fingerprint density at radius 2 is 1.90 bits per heavy atom.